The molecule has 0 amide bonds. The van der Waals surface area contributed by atoms with E-state index in [4.69, 9.17) is 11.6 Å². The minimum atomic E-state index is 0.448. The Labute approximate surface area is 136 Å². The summed E-state index contributed by atoms with van der Waals surface area (Å²) in [6, 6.07) is 13.2. The SMILES string of the molecule is Clc1ccc(-c2ccnc(Nc3nc4ccccc4[nH]3)n2)cn1. The van der Waals surface area contributed by atoms with Gasteiger partial charge in [0.1, 0.15) is 5.15 Å². The molecular formula is C16H11ClN6. The average molecular weight is 323 g/mol. The first-order chi connectivity index (χ1) is 11.3. The van der Waals surface area contributed by atoms with Crippen molar-refractivity contribution in [3.63, 3.8) is 0 Å². The van der Waals surface area contributed by atoms with Crippen molar-refractivity contribution in [1.82, 2.24) is 24.9 Å². The molecule has 3 aromatic heterocycles. The van der Waals surface area contributed by atoms with E-state index in [1.54, 1.807) is 18.5 Å². The third-order valence-electron chi connectivity index (χ3n) is 3.30. The van der Waals surface area contributed by atoms with Crippen LogP contribution < -0.4 is 5.32 Å². The number of H-pyrrole nitrogens is 1. The topological polar surface area (TPSA) is 79.4 Å². The summed E-state index contributed by atoms with van der Waals surface area (Å²) in [6.07, 6.45) is 3.36. The van der Waals surface area contributed by atoms with Crippen molar-refractivity contribution in [3.05, 3.63) is 60.0 Å². The van der Waals surface area contributed by atoms with Gasteiger partial charge in [0, 0.05) is 18.0 Å². The number of halogens is 1. The lowest BCUT2D eigenvalue weighted by molar-refractivity contribution is 1.14. The predicted octanol–water partition coefficient (Wildman–Crippen LogP) is 3.81. The van der Waals surface area contributed by atoms with Gasteiger partial charge < -0.3 is 4.98 Å². The van der Waals surface area contributed by atoms with Crippen molar-refractivity contribution >= 4 is 34.5 Å². The highest BCUT2D eigenvalue weighted by Gasteiger charge is 2.06. The summed E-state index contributed by atoms with van der Waals surface area (Å²) in [5.41, 5.74) is 3.45. The number of nitrogens with one attached hydrogen (secondary N) is 2. The number of aromatic nitrogens is 5. The van der Waals surface area contributed by atoms with E-state index in [-0.39, 0.29) is 0 Å². The summed E-state index contributed by atoms with van der Waals surface area (Å²) in [4.78, 5) is 20.4. The number of hydrogen-bond donors (Lipinski definition) is 2. The lowest BCUT2D eigenvalue weighted by atomic mass is 10.2. The third kappa shape index (κ3) is 2.84. The van der Waals surface area contributed by atoms with Gasteiger partial charge in [0.25, 0.3) is 0 Å². The molecule has 0 spiro atoms. The maximum absolute atomic E-state index is 5.81. The monoisotopic (exact) mass is 322 g/mol. The Morgan fingerprint density at radius 3 is 2.70 bits per heavy atom. The molecule has 0 saturated heterocycles. The second kappa shape index (κ2) is 5.66. The first-order valence-electron chi connectivity index (χ1n) is 6.95. The van der Waals surface area contributed by atoms with Gasteiger partial charge in [-0.05, 0) is 30.3 Å². The quantitative estimate of drug-likeness (QED) is 0.561. The number of anilines is 2. The molecule has 0 radical (unpaired) electrons. The fourth-order valence-electron chi connectivity index (χ4n) is 2.22. The molecule has 1 aromatic carbocycles. The minimum absolute atomic E-state index is 0.448. The fraction of sp³-hybridized carbons (Fsp3) is 0. The van der Waals surface area contributed by atoms with E-state index >= 15 is 0 Å². The highest BCUT2D eigenvalue weighted by molar-refractivity contribution is 6.29. The number of aromatic amines is 1. The largest absolute Gasteiger partial charge is 0.324 e. The van der Waals surface area contributed by atoms with Gasteiger partial charge >= 0.3 is 0 Å². The number of fused-ring (bicyclic) bond motifs is 1. The van der Waals surface area contributed by atoms with Gasteiger partial charge in [-0.25, -0.2) is 19.9 Å². The van der Waals surface area contributed by atoms with Crippen LogP contribution in [0.2, 0.25) is 5.15 Å². The molecule has 2 N–H and O–H groups in total. The first kappa shape index (κ1) is 13.7. The molecule has 112 valence electrons. The molecule has 4 rings (SSSR count). The van der Waals surface area contributed by atoms with Gasteiger partial charge in [0.15, 0.2) is 0 Å². The molecule has 0 aliphatic heterocycles. The Morgan fingerprint density at radius 2 is 1.87 bits per heavy atom. The molecule has 0 bridgehead atoms. The smallest absolute Gasteiger partial charge is 0.230 e. The molecule has 0 atom stereocenters. The molecule has 0 unspecified atom stereocenters. The van der Waals surface area contributed by atoms with Gasteiger partial charge in [-0.3, -0.25) is 5.32 Å². The average Bonchev–Trinajstić information content (AvgIpc) is 2.98. The van der Waals surface area contributed by atoms with Crippen LogP contribution in [-0.2, 0) is 0 Å². The van der Waals surface area contributed by atoms with E-state index in [0.717, 1.165) is 22.3 Å². The molecule has 7 heteroatoms. The van der Waals surface area contributed by atoms with E-state index in [1.807, 2.05) is 36.4 Å². The van der Waals surface area contributed by atoms with Gasteiger partial charge in [0.2, 0.25) is 11.9 Å². The van der Waals surface area contributed by atoms with Crippen molar-refractivity contribution < 1.29 is 0 Å². The number of hydrogen-bond acceptors (Lipinski definition) is 5. The summed E-state index contributed by atoms with van der Waals surface area (Å²) in [5, 5.41) is 3.53. The summed E-state index contributed by atoms with van der Waals surface area (Å²) < 4.78 is 0. The van der Waals surface area contributed by atoms with Gasteiger partial charge in [-0.2, -0.15) is 0 Å². The van der Waals surface area contributed by atoms with Crippen LogP contribution in [0.25, 0.3) is 22.3 Å². The van der Waals surface area contributed by atoms with Crippen molar-refractivity contribution in [2.45, 2.75) is 0 Å². The number of para-hydroxylation sites is 2. The van der Waals surface area contributed by atoms with E-state index in [0.29, 0.717) is 17.0 Å². The van der Waals surface area contributed by atoms with Crippen molar-refractivity contribution in [3.8, 4) is 11.3 Å². The van der Waals surface area contributed by atoms with Gasteiger partial charge in [-0.15, -0.1) is 0 Å². The van der Waals surface area contributed by atoms with Crippen LogP contribution in [0.4, 0.5) is 11.9 Å². The third-order valence-corrected chi connectivity index (χ3v) is 3.52. The molecule has 0 aliphatic carbocycles. The van der Waals surface area contributed by atoms with Crippen LogP contribution in [0.3, 0.4) is 0 Å². The van der Waals surface area contributed by atoms with Crippen LogP contribution in [0, 0.1) is 0 Å². The van der Waals surface area contributed by atoms with Crippen LogP contribution in [0.1, 0.15) is 0 Å². The molecule has 0 aliphatic rings. The summed E-state index contributed by atoms with van der Waals surface area (Å²) >= 11 is 5.81. The maximum Gasteiger partial charge on any atom is 0.230 e. The molecule has 4 aromatic rings. The number of nitrogens with zero attached hydrogens (tertiary/aromatic N) is 4. The maximum atomic E-state index is 5.81. The van der Waals surface area contributed by atoms with Gasteiger partial charge in [0.05, 0.1) is 16.7 Å². The molecular weight excluding hydrogens is 312 g/mol. The molecule has 0 fully saturated rings. The molecule has 0 saturated carbocycles. The number of imidazole rings is 1. The zero-order chi connectivity index (χ0) is 15.6. The van der Waals surface area contributed by atoms with Crippen molar-refractivity contribution in [2.75, 3.05) is 5.32 Å². The van der Waals surface area contributed by atoms with Gasteiger partial charge in [-0.1, -0.05) is 23.7 Å². The Balaban J connectivity index is 1.64. The van der Waals surface area contributed by atoms with Crippen LogP contribution >= 0.6 is 11.6 Å². The minimum Gasteiger partial charge on any atom is -0.324 e. The van der Waals surface area contributed by atoms with E-state index in [9.17, 15) is 0 Å². The summed E-state index contributed by atoms with van der Waals surface area (Å²) in [6.45, 7) is 0. The lowest BCUT2D eigenvalue weighted by Crippen LogP contribution is -1.99. The Kier molecular flexibility index (Phi) is 3.36. The number of rotatable bonds is 3. The normalized spacial score (nSPS) is 10.8. The van der Waals surface area contributed by atoms with E-state index in [1.165, 1.54) is 0 Å². The first-order valence-corrected chi connectivity index (χ1v) is 7.32. The standard InChI is InChI=1S/C16H11ClN6/c17-14-6-5-10(9-19-14)11-7-8-18-15(20-11)23-16-21-12-3-1-2-4-13(12)22-16/h1-9H,(H2,18,20,21,22,23). The van der Waals surface area contributed by atoms with Crippen molar-refractivity contribution in [1.29, 1.82) is 0 Å². The Bertz CT molecular complexity index is 931. The summed E-state index contributed by atoms with van der Waals surface area (Å²) in [5.74, 6) is 1.05. The van der Waals surface area contributed by atoms with Crippen LogP contribution in [0.5, 0.6) is 0 Å². The Morgan fingerprint density at radius 1 is 0.957 bits per heavy atom. The summed E-state index contributed by atoms with van der Waals surface area (Å²) in [7, 11) is 0. The number of pyridine rings is 1. The zero-order valence-corrected chi connectivity index (χ0v) is 12.6. The van der Waals surface area contributed by atoms with Crippen molar-refractivity contribution in [2.24, 2.45) is 0 Å². The predicted molar refractivity (Wildman–Crippen MR) is 89.6 cm³/mol. The second-order valence-electron chi connectivity index (χ2n) is 4.86. The van der Waals surface area contributed by atoms with Crippen LogP contribution in [-0.4, -0.2) is 24.9 Å². The molecule has 6 nitrogen and oxygen atoms in total. The second-order valence-corrected chi connectivity index (χ2v) is 5.25. The molecule has 23 heavy (non-hydrogen) atoms. The Hall–Kier alpha value is -2.99. The molecule has 3 heterocycles. The zero-order valence-electron chi connectivity index (χ0n) is 11.9. The van der Waals surface area contributed by atoms with Crippen LogP contribution in [0.15, 0.2) is 54.9 Å². The van der Waals surface area contributed by atoms with E-state index in [2.05, 4.69) is 30.2 Å². The highest BCUT2D eigenvalue weighted by Crippen LogP contribution is 2.20. The van der Waals surface area contributed by atoms with E-state index < -0.39 is 0 Å². The fourth-order valence-corrected chi connectivity index (χ4v) is 2.34. The lowest BCUT2D eigenvalue weighted by Gasteiger charge is -2.04. The highest BCUT2D eigenvalue weighted by atomic mass is 35.5. The number of benzene rings is 1.